The number of hydrogen-bond donors (Lipinski definition) is 0. The normalized spacial score (nSPS) is 9.73. The van der Waals surface area contributed by atoms with E-state index in [2.05, 4.69) is 4.74 Å². The fourth-order valence-corrected chi connectivity index (χ4v) is 2.12. The third kappa shape index (κ3) is 2.21. The smallest absolute Gasteiger partial charge is 0.337 e. The second-order valence-electron chi connectivity index (χ2n) is 2.70. The average Bonchev–Trinajstić information content (AvgIpc) is 2.26. The van der Waals surface area contributed by atoms with Gasteiger partial charge in [0.2, 0.25) is 0 Å². The highest BCUT2D eigenvalue weighted by Gasteiger charge is 2.20. The summed E-state index contributed by atoms with van der Waals surface area (Å²) in [6, 6.07) is 4.40. The van der Waals surface area contributed by atoms with E-state index in [0.717, 1.165) is 0 Å². The van der Waals surface area contributed by atoms with Gasteiger partial charge in [-0.15, -0.1) is 0 Å². The summed E-state index contributed by atoms with van der Waals surface area (Å²) in [7, 11) is 1.43. The summed E-state index contributed by atoms with van der Waals surface area (Å²) >= 11 is 0. The van der Waals surface area contributed by atoms with E-state index in [0.29, 0.717) is 5.19 Å². The summed E-state index contributed by atoms with van der Waals surface area (Å²) < 4.78 is 4.56. The Morgan fingerprint density at radius 1 is 1.53 bits per heavy atom. The molecule has 0 N–H and O–H groups in total. The molecule has 0 aromatic heterocycles. The first-order valence-corrected chi connectivity index (χ1v) is 5.65. The van der Waals surface area contributed by atoms with E-state index in [1.54, 1.807) is 6.55 Å². The Labute approximate surface area is 89.0 Å². The molecule has 0 aliphatic rings. The molecule has 0 atom stereocenters. The molecule has 1 aromatic rings. The van der Waals surface area contributed by atoms with Gasteiger partial charge < -0.3 is 4.74 Å². The van der Waals surface area contributed by atoms with Crippen LogP contribution in [-0.4, -0.2) is 27.5 Å². The lowest BCUT2D eigenvalue weighted by Crippen LogP contribution is -2.24. The van der Waals surface area contributed by atoms with Gasteiger partial charge in [-0.05, 0) is 6.07 Å². The molecule has 15 heavy (non-hydrogen) atoms. The topological polar surface area (TPSA) is 69.4 Å². The number of carbonyl (C=O) groups excluding carboxylic acids is 1. The molecule has 1 rings (SSSR count). The van der Waals surface area contributed by atoms with Gasteiger partial charge >= 0.3 is 5.97 Å². The Balaban J connectivity index is 3.34. The maximum atomic E-state index is 11.3. The highest BCUT2D eigenvalue weighted by atomic mass is 28.2. The largest absolute Gasteiger partial charge is 0.465 e. The Morgan fingerprint density at radius 2 is 2.20 bits per heavy atom. The number of nitrogens with zero attached hydrogens (tertiary/aromatic N) is 1. The summed E-state index contributed by atoms with van der Waals surface area (Å²) in [5, 5.41) is 11.1. The Morgan fingerprint density at radius 3 is 2.67 bits per heavy atom. The second kappa shape index (κ2) is 4.69. The summed E-state index contributed by atoms with van der Waals surface area (Å²) in [6.07, 6.45) is 0. The van der Waals surface area contributed by atoms with Gasteiger partial charge in [-0.1, -0.05) is 12.6 Å². The predicted molar refractivity (Wildman–Crippen MR) is 55.7 cm³/mol. The highest BCUT2D eigenvalue weighted by Crippen LogP contribution is 2.10. The number of nitro benzene ring substituents is 1. The maximum Gasteiger partial charge on any atom is 0.337 e. The monoisotopic (exact) mass is 223 g/mol. The van der Waals surface area contributed by atoms with Gasteiger partial charge in [0.25, 0.3) is 5.69 Å². The van der Waals surface area contributed by atoms with Crippen molar-refractivity contribution < 1.29 is 14.5 Å². The van der Waals surface area contributed by atoms with Crippen LogP contribution in [0.3, 0.4) is 0 Å². The van der Waals surface area contributed by atoms with Crippen molar-refractivity contribution in [3.8, 4) is 0 Å². The van der Waals surface area contributed by atoms with Gasteiger partial charge in [-0.25, -0.2) is 4.79 Å². The maximum absolute atomic E-state index is 11.3. The number of esters is 1. The molecule has 0 aliphatic carbocycles. The van der Waals surface area contributed by atoms with Crippen LogP contribution >= 0.6 is 0 Å². The first-order valence-electron chi connectivity index (χ1n) is 4.15. The minimum atomic E-state index is -0.539. The van der Waals surface area contributed by atoms with Gasteiger partial charge in [0.1, 0.15) is 0 Å². The molecule has 0 saturated heterocycles. The number of hydrogen-bond acceptors (Lipinski definition) is 4. The number of benzene rings is 1. The van der Waals surface area contributed by atoms with Gasteiger partial charge in [0.15, 0.2) is 0 Å². The van der Waals surface area contributed by atoms with Crippen LogP contribution in [0.25, 0.3) is 0 Å². The molecule has 0 saturated carbocycles. The fraction of sp³-hybridized carbons (Fsp3) is 0.222. The lowest BCUT2D eigenvalue weighted by Gasteiger charge is -2.05. The van der Waals surface area contributed by atoms with Crippen LogP contribution in [0.4, 0.5) is 5.69 Å². The molecule has 0 amide bonds. The van der Waals surface area contributed by atoms with Crippen molar-refractivity contribution >= 4 is 26.4 Å². The molecule has 0 spiro atoms. The SMILES string of the molecule is COC(=O)c1cccc([N+](=O)[O-])c1[Si]C. The van der Waals surface area contributed by atoms with Crippen LogP contribution in [0.15, 0.2) is 18.2 Å². The van der Waals surface area contributed by atoms with E-state index in [1.165, 1.54) is 25.3 Å². The minimum absolute atomic E-state index is 0.0290. The van der Waals surface area contributed by atoms with Crippen molar-refractivity contribution in [1.29, 1.82) is 0 Å². The summed E-state index contributed by atoms with van der Waals surface area (Å²) in [6.45, 7) is 1.79. The molecule has 2 radical (unpaired) electrons. The molecular formula is C9H9NO4Si. The minimum Gasteiger partial charge on any atom is -0.465 e. The van der Waals surface area contributed by atoms with Crippen molar-refractivity contribution in [2.75, 3.05) is 7.11 Å². The second-order valence-corrected chi connectivity index (χ2v) is 3.70. The molecule has 0 heterocycles. The lowest BCUT2D eigenvalue weighted by molar-refractivity contribution is -0.383. The molecule has 6 heteroatoms. The number of rotatable bonds is 3. The number of ether oxygens (including phenoxy) is 1. The zero-order valence-electron chi connectivity index (χ0n) is 8.31. The van der Waals surface area contributed by atoms with Crippen molar-refractivity contribution in [3.63, 3.8) is 0 Å². The van der Waals surface area contributed by atoms with Crippen LogP contribution in [0.1, 0.15) is 10.4 Å². The number of methoxy groups -OCH3 is 1. The molecule has 1 aromatic carbocycles. The van der Waals surface area contributed by atoms with Crippen LogP contribution in [-0.2, 0) is 4.74 Å². The Bertz CT molecular complexity index is 405. The van der Waals surface area contributed by atoms with E-state index in [1.807, 2.05) is 0 Å². The van der Waals surface area contributed by atoms with Gasteiger partial charge in [-0.3, -0.25) is 10.1 Å². The Hall–Kier alpha value is -1.69. The van der Waals surface area contributed by atoms with Crippen molar-refractivity contribution in [2.24, 2.45) is 0 Å². The number of carbonyl (C=O) groups is 1. The molecule has 0 fully saturated rings. The Kier molecular flexibility index (Phi) is 3.56. The summed E-state index contributed by atoms with van der Waals surface area (Å²) in [5.74, 6) is -0.539. The van der Waals surface area contributed by atoms with Crippen molar-refractivity contribution in [2.45, 2.75) is 6.55 Å². The third-order valence-electron chi connectivity index (χ3n) is 1.89. The van der Waals surface area contributed by atoms with Crippen LogP contribution in [0.5, 0.6) is 0 Å². The lowest BCUT2D eigenvalue weighted by atomic mass is 10.2. The van der Waals surface area contributed by atoms with Crippen LogP contribution < -0.4 is 5.19 Å². The van der Waals surface area contributed by atoms with Crippen LogP contribution in [0.2, 0.25) is 6.55 Å². The zero-order chi connectivity index (χ0) is 11.4. The van der Waals surface area contributed by atoms with E-state index < -0.39 is 10.9 Å². The number of nitro groups is 1. The third-order valence-corrected chi connectivity index (χ3v) is 2.92. The highest BCUT2D eigenvalue weighted by molar-refractivity contribution is 6.55. The van der Waals surface area contributed by atoms with E-state index in [-0.39, 0.29) is 20.8 Å². The van der Waals surface area contributed by atoms with Gasteiger partial charge in [0.05, 0.1) is 27.1 Å². The van der Waals surface area contributed by atoms with Gasteiger partial charge in [-0.2, -0.15) is 0 Å². The molecule has 0 unspecified atom stereocenters. The average molecular weight is 223 g/mol. The van der Waals surface area contributed by atoms with Crippen molar-refractivity contribution in [1.82, 2.24) is 0 Å². The zero-order valence-corrected chi connectivity index (χ0v) is 9.31. The van der Waals surface area contributed by atoms with Crippen LogP contribution in [0, 0.1) is 10.1 Å². The fourth-order valence-electron chi connectivity index (χ4n) is 1.24. The van der Waals surface area contributed by atoms with E-state index in [4.69, 9.17) is 0 Å². The first-order chi connectivity index (χ1) is 7.11. The molecular weight excluding hydrogens is 214 g/mol. The first kappa shape index (κ1) is 11.4. The predicted octanol–water partition coefficient (Wildman–Crippen LogP) is 0.759. The standard InChI is InChI=1S/C9H9NO4Si/c1-14-9(11)6-4-3-5-7(10(12)13)8(6)15-2/h3-5H,1-2H3. The summed E-state index contributed by atoms with van der Waals surface area (Å²) in [4.78, 5) is 21.5. The quantitative estimate of drug-likeness (QED) is 0.328. The molecule has 5 nitrogen and oxygen atoms in total. The molecule has 0 aliphatic heterocycles. The summed E-state index contributed by atoms with van der Waals surface area (Å²) in [5.41, 5.74) is 0.242. The molecule has 0 bridgehead atoms. The van der Waals surface area contributed by atoms with E-state index >= 15 is 0 Å². The van der Waals surface area contributed by atoms with E-state index in [9.17, 15) is 14.9 Å². The van der Waals surface area contributed by atoms with Gasteiger partial charge in [0, 0.05) is 11.3 Å². The van der Waals surface area contributed by atoms with Crippen molar-refractivity contribution in [3.05, 3.63) is 33.9 Å². The molecule has 78 valence electrons.